The van der Waals surface area contributed by atoms with Crippen molar-refractivity contribution < 1.29 is 33.3 Å². The van der Waals surface area contributed by atoms with Crippen LogP contribution in [0.4, 0.5) is 0 Å². The highest BCUT2D eigenvalue weighted by Gasteiger charge is 2.15. The average Bonchev–Trinajstić information content (AvgIpc) is 3.27. The first-order valence-electron chi connectivity index (χ1n) is 9.59. The lowest BCUT2D eigenvalue weighted by Crippen LogP contribution is -2.03. The van der Waals surface area contributed by atoms with Crippen LogP contribution in [0.3, 0.4) is 0 Å². The fourth-order valence-electron chi connectivity index (χ4n) is 2.99. The van der Waals surface area contributed by atoms with Crippen molar-refractivity contribution in [2.24, 2.45) is 0 Å². The van der Waals surface area contributed by atoms with E-state index in [-0.39, 0.29) is 11.1 Å². The molecule has 164 valence electrons. The Hall–Kier alpha value is -4.26. The molecule has 0 unspecified atom stereocenters. The molecular formula is C25H22O7. The molecule has 0 saturated carbocycles. The van der Waals surface area contributed by atoms with Gasteiger partial charge >= 0.3 is 11.9 Å². The molecule has 0 bridgehead atoms. The van der Waals surface area contributed by atoms with Gasteiger partial charge in [-0.05, 0) is 59.7 Å². The summed E-state index contributed by atoms with van der Waals surface area (Å²) >= 11 is 0. The number of furan rings is 1. The first-order chi connectivity index (χ1) is 15.4. The second kappa shape index (κ2) is 10.2. The summed E-state index contributed by atoms with van der Waals surface area (Å²) in [5, 5.41) is 9.64. The van der Waals surface area contributed by atoms with E-state index in [2.05, 4.69) is 0 Å². The number of benzene rings is 2. The summed E-state index contributed by atoms with van der Waals surface area (Å²) in [4.78, 5) is 24.1. The normalized spacial score (nSPS) is 11.7. The van der Waals surface area contributed by atoms with Gasteiger partial charge in [0, 0.05) is 0 Å². The van der Waals surface area contributed by atoms with E-state index >= 15 is 0 Å². The fraction of sp³-hybridized carbons (Fsp3) is 0.120. The summed E-state index contributed by atoms with van der Waals surface area (Å²) in [6, 6.07) is 16.9. The van der Waals surface area contributed by atoms with Gasteiger partial charge in [-0.25, -0.2) is 9.59 Å². The van der Waals surface area contributed by atoms with Crippen LogP contribution < -0.4 is 9.47 Å². The Balaban J connectivity index is 1.95. The molecule has 0 fully saturated rings. The number of carboxylic acid groups (broad SMARTS) is 1. The van der Waals surface area contributed by atoms with Crippen LogP contribution in [0.2, 0.25) is 0 Å². The molecule has 0 saturated heterocycles. The lowest BCUT2D eigenvalue weighted by molar-refractivity contribution is -0.133. The van der Waals surface area contributed by atoms with E-state index in [0.717, 1.165) is 0 Å². The smallest absolute Gasteiger partial charge is 0.338 e. The number of hydrogen-bond donors (Lipinski definition) is 1. The zero-order valence-electron chi connectivity index (χ0n) is 17.8. The molecule has 0 amide bonds. The topological polar surface area (TPSA) is 95.2 Å². The highest BCUT2D eigenvalue weighted by Crippen LogP contribution is 2.26. The van der Waals surface area contributed by atoms with Crippen molar-refractivity contribution in [1.82, 2.24) is 0 Å². The average molecular weight is 434 g/mol. The van der Waals surface area contributed by atoms with Crippen molar-refractivity contribution in [2.45, 2.75) is 0 Å². The molecule has 7 heteroatoms. The SMILES string of the molecule is COC(=O)/C(=C/c1ccc(/C=C(\C(=O)O)c2ccc(OC)cc2)o1)c1ccc(OC)cc1. The minimum Gasteiger partial charge on any atom is -0.497 e. The van der Waals surface area contributed by atoms with Crippen molar-refractivity contribution in [3.8, 4) is 11.5 Å². The Kier molecular flexibility index (Phi) is 7.13. The lowest BCUT2D eigenvalue weighted by Gasteiger charge is -2.06. The van der Waals surface area contributed by atoms with Gasteiger partial charge in [-0.3, -0.25) is 0 Å². The van der Waals surface area contributed by atoms with Gasteiger partial charge < -0.3 is 23.7 Å². The summed E-state index contributed by atoms with van der Waals surface area (Å²) < 4.78 is 20.9. The number of ether oxygens (including phenoxy) is 3. The maximum absolute atomic E-state index is 12.3. The number of esters is 1. The third kappa shape index (κ3) is 5.26. The molecule has 1 aromatic heterocycles. The molecule has 0 aliphatic carbocycles. The minimum atomic E-state index is -1.10. The summed E-state index contributed by atoms with van der Waals surface area (Å²) in [6.45, 7) is 0. The Morgan fingerprint density at radius 2 is 1.16 bits per heavy atom. The number of methoxy groups -OCH3 is 3. The van der Waals surface area contributed by atoms with E-state index < -0.39 is 11.9 Å². The number of hydrogen-bond acceptors (Lipinski definition) is 6. The van der Waals surface area contributed by atoms with Gasteiger partial charge in [-0.15, -0.1) is 0 Å². The van der Waals surface area contributed by atoms with E-state index in [1.54, 1.807) is 73.8 Å². The Morgan fingerprint density at radius 1 is 0.719 bits per heavy atom. The highest BCUT2D eigenvalue weighted by molar-refractivity contribution is 6.21. The van der Waals surface area contributed by atoms with Gasteiger partial charge in [-0.1, -0.05) is 24.3 Å². The van der Waals surface area contributed by atoms with Gasteiger partial charge in [0.15, 0.2) is 0 Å². The van der Waals surface area contributed by atoms with Crippen molar-refractivity contribution >= 4 is 35.2 Å². The zero-order chi connectivity index (χ0) is 23.1. The van der Waals surface area contributed by atoms with Crippen LogP contribution in [0.15, 0.2) is 65.1 Å². The van der Waals surface area contributed by atoms with Gasteiger partial charge in [0.2, 0.25) is 0 Å². The molecule has 32 heavy (non-hydrogen) atoms. The van der Waals surface area contributed by atoms with Gasteiger partial charge in [0.25, 0.3) is 0 Å². The third-order valence-corrected chi connectivity index (χ3v) is 4.66. The first-order valence-corrected chi connectivity index (χ1v) is 9.59. The molecule has 0 atom stereocenters. The van der Waals surface area contributed by atoms with Crippen LogP contribution in [0.25, 0.3) is 23.3 Å². The van der Waals surface area contributed by atoms with Crippen LogP contribution in [-0.2, 0) is 14.3 Å². The van der Waals surface area contributed by atoms with E-state index in [1.165, 1.54) is 20.3 Å². The predicted octanol–water partition coefficient (Wildman–Crippen LogP) is 4.64. The van der Waals surface area contributed by atoms with Crippen LogP contribution >= 0.6 is 0 Å². The van der Waals surface area contributed by atoms with E-state index in [4.69, 9.17) is 18.6 Å². The summed E-state index contributed by atoms with van der Waals surface area (Å²) in [7, 11) is 4.39. The van der Waals surface area contributed by atoms with Crippen LogP contribution in [0.1, 0.15) is 22.6 Å². The van der Waals surface area contributed by atoms with Gasteiger partial charge in [0.1, 0.15) is 23.0 Å². The van der Waals surface area contributed by atoms with Crippen molar-refractivity contribution in [2.75, 3.05) is 21.3 Å². The predicted molar refractivity (Wildman–Crippen MR) is 120 cm³/mol. The zero-order valence-corrected chi connectivity index (χ0v) is 17.8. The number of carbonyl (C=O) groups is 2. The molecule has 7 nitrogen and oxygen atoms in total. The molecule has 1 heterocycles. The molecule has 0 spiro atoms. The molecule has 3 rings (SSSR count). The number of rotatable bonds is 8. The first kappa shape index (κ1) is 22.4. The molecule has 0 aliphatic rings. The van der Waals surface area contributed by atoms with E-state index in [0.29, 0.717) is 34.1 Å². The fourth-order valence-corrected chi connectivity index (χ4v) is 2.99. The van der Waals surface area contributed by atoms with Crippen LogP contribution in [0.5, 0.6) is 11.5 Å². The summed E-state index contributed by atoms with van der Waals surface area (Å²) in [6.07, 6.45) is 2.96. The molecule has 3 aromatic rings. The van der Waals surface area contributed by atoms with Crippen molar-refractivity contribution in [3.05, 3.63) is 83.3 Å². The van der Waals surface area contributed by atoms with Gasteiger partial charge in [0.05, 0.1) is 32.5 Å². The molecule has 1 N–H and O–H groups in total. The van der Waals surface area contributed by atoms with E-state index in [1.807, 2.05) is 0 Å². The molecule has 0 radical (unpaired) electrons. The second-order valence-electron chi connectivity index (χ2n) is 6.61. The maximum Gasteiger partial charge on any atom is 0.338 e. The number of aliphatic carboxylic acids is 1. The maximum atomic E-state index is 12.3. The highest BCUT2D eigenvalue weighted by atomic mass is 16.5. The van der Waals surface area contributed by atoms with Crippen molar-refractivity contribution in [1.29, 1.82) is 0 Å². The van der Waals surface area contributed by atoms with Gasteiger partial charge in [-0.2, -0.15) is 0 Å². The number of carboxylic acids is 1. The summed E-state index contributed by atoms with van der Waals surface area (Å²) in [5.74, 6) is 0.335. The monoisotopic (exact) mass is 434 g/mol. The quantitative estimate of drug-likeness (QED) is 0.408. The molecular weight excluding hydrogens is 412 g/mol. The molecule has 0 aliphatic heterocycles. The van der Waals surface area contributed by atoms with Crippen LogP contribution in [-0.4, -0.2) is 38.4 Å². The standard InChI is InChI=1S/C25H22O7/c1-29-18-8-4-16(5-9-18)22(24(26)27)14-20-12-13-21(32-20)15-23(25(28)31-3)17-6-10-19(30-2)11-7-17/h4-15H,1-3H3,(H,26,27)/b22-14-,23-15+. The van der Waals surface area contributed by atoms with Crippen LogP contribution in [0, 0.1) is 0 Å². The Labute approximate surface area is 185 Å². The Bertz CT molecular complexity index is 1150. The largest absolute Gasteiger partial charge is 0.497 e. The van der Waals surface area contributed by atoms with Crippen molar-refractivity contribution in [3.63, 3.8) is 0 Å². The summed E-state index contributed by atoms with van der Waals surface area (Å²) in [5.41, 5.74) is 1.46. The number of carbonyl (C=O) groups excluding carboxylic acids is 1. The lowest BCUT2D eigenvalue weighted by atomic mass is 10.0. The Morgan fingerprint density at radius 3 is 1.56 bits per heavy atom. The van der Waals surface area contributed by atoms with E-state index in [9.17, 15) is 14.7 Å². The third-order valence-electron chi connectivity index (χ3n) is 4.66. The second-order valence-corrected chi connectivity index (χ2v) is 6.61. The minimum absolute atomic E-state index is 0.0564. The molecule has 2 aromatic carbocycles.